The van der Waals surface area contributed by atoms with Gasteiger partial charge < -0.3 is 5.32 Å². The lowest BCUT2D eigenvalue weighted by Gasteiger charge is -2.08. The molecule has 0 bridgehead atoms. The summed E-state index contributed by atoms with van der Waals surface area (Å²) in [5.41, 5.74) is 2.91. The minimum absolute atomic E-state index is 0.623. The summed E-state index contributed by atoms with van der Waals surface area (Å²) in [4.78, 5) is 8.87. The van der Waals surface area contributed by atoms with Crippen molar-refractivity contribution in [2.24, 2.45) is 5.92 Å². The molecule has 20 heavy (non-hydrogen) atoms. The zero-order valence-electron chi connectivity index (χ0n) is 12.3. The Hall–Kier alpha value is -1.27. The molecule has 0 atom stereocenters. The van der Waals surface area contributed by atoms with Gasteiger partial charge in [-0.2, -0.15) is 5.10 Å². The highest BCUT2D eigenvalue weighted by Crippen LogP contribution is 2.21. The Labute approximate surface area is 128 Å². The highest BCUT2D eigenvalue weighted by molar-refractivity contribution is 9.10. The van der Waals surface area contributed by atoms with Crippen molar-refractivity contribution >= 4 is 15.9 Å². The minimum Gasteiger partial charge on any atom is -0.311 e. The maximum absolute atomic E-state index is 4.61. The number of aromatic nitrogens is 4. The number of hydrogen-bond acceptors (Lipinski definition) is 4. The molecular formula is C14H20BrN5. The molecule has 5 nitrogen and oxygen atoms in total. The quantitative estimate of drug-likeness (QED) is 0.911. The lowest BCUT2D eigenvalue weighted by Crippen LogP contribution is -2.20. The number of nitrogens with one attached hydrogen (secondary N) is 1. The monoisotopic (exact) mass is 337 g/mol. The standard InChI is InChI=1S/C14H20BrN5/c1-9(2)5-16-6-12-7-17-8-13(18-12)20-11(4)14(15)10(3)19-20/h7-9,16H,5-6H2,1-4H3. The minimum atomic E-state index is 0.623. The topological polar surface area (TPSA) is 55.6 Å². The second-order valence-corrected chi connectivity index (χ2v) is 6.08. The van der Waals surface area contributed by atoms with Crippen LogP contribution >= 0.6 is 15.9 Å². The van der Waals surface area contributed by atoms with Gasteiger partial charge in [-0.25, -0.2) is 9.67 Å². The summed E-state index contributed by atoms with van der Waals surface area (Å²) < 4.78 is 2.83. The van der Waals surface area contributed by atoms with Crippen LogP contribution in [0.4, 0.5) is 0 Å². The van der Waals surface area contributed by atoms with Crippen molar-refractivity contribution in [3.63, 3.8) is 0 Å². The van der Waals surface area contributed by atoms with Crippen LogP contribution in [0.3, 0.4) is 0 Å². The van der Waals surface area contributed by atoms with Crippen LogP contribution in [-0.4, -0.2) is 26.3 Å². The second-order valence-electron chi connectivity index (χ2n) is 5.29. The van der Waals surface area contributed by atoms with E-state index < -0.39 is 0 Å². The van der Waals surface area contributed by atoms with Crippen molar-refractivity contribution < 1.29 is 0 Å². The van der Waals surface area contributed by atoms with Gasteiger partial charge in [0, 0.05) is 12.7 Å². The largest absolute Gasteiger partial charge is 0.311 e. The maximum Gasteiger partial charge on any atom is 0.172 e. The van der Waals surface area contributed by atoms with Crippen molar-refractivity contribution in [2.75, 3.05) is 6.54 Å². The van der Waals surface area contributed by atoms with Gasteiger partial charge >= 0.3 is 0 Å². The van der Waals surface area contributed by atoms with Crippen molar-refractivity contribution in [1.29, 1.82) is 0 Å². The van der Waals surface area contributed by atoms with Crippen LogP contribution in [0.2, 0.25) is 0 Å². The lowest BCUT2D eigenvalue weighted by atomic mass is 10.2. The second kappa shape index (κ2) is 6.45. The van der Waals surface area contributed by atoms with E-state index in [-0.39, 0.29) is 0 Å². The van der Waals surface area contributed by atoms with E-state index >= 15 is 0 Å². The Morgan fingerprint density at radius 2 is 2.05 bits per heavy atom. The molecule has 2 aromatic rings. The van der Waals surface area contributed by atoms with Gasteiger partial charge in [0.2, 0.25) is 0 Å². The third kappa shape index (κ3) is 3.43. The zero-order chi connectivity index (χ0) is 14.7. The molecule has 2 rings (SSSR count). The predicted molar refractivity (Wildman–Crippen MR) is 82.9 cm³/mol. The van der Waals surface area contributed by atoms with E-state index in [0.29, 0.717) is 5.92 Å². The first-order valence-corrected chi connectivity index (χ1v) is 7.52. The van der Waals surface area contributed by atoms with Crippen molar-refractivity contribution in [3.8, 4) is 5.82 Å². The number of aryl methyl sites for hydroxylation is 1. The molecule has 1 N–H and O–H groups in total. The Morgan fingerprint density at radius 1 is 1.30 bits per heavy atom. The Balaban J connectivity index is 2.19. The fourth-order valence-electron chi connectivity index (χ4n) is 1.92. The third-order valence-corrected chi connectivity index (χ3v) is 4.10. The molecule has 0 spiro atoms. The zero-order valence-corrected chi connectivity index (χ0v) is 13.9. The van der Waals surface area contributed by atoms with Gasteiger partial charge in [0.25, 0.3) is 0 Å². The third-order valence-electron chi connectivity index (χ3n) is 2.95. The molecular weight excluding hydrogens is 318 g/mol. The molecule has 2 aromatic heterocycles. The van der Waals surface area contributed by atoms with Gasteiger partial charge in [-0.05, 0) is 42.2 Å². The summed E-state index contributed by atoms with van der Waals surface area (Å²) in [6, 6.07) is 0. The molecule has 0 aromatic carbocycles. The summed E-state index contributed by atoms with van der Waals surface area (Å²) in [5, 5.41) is 7.85. The van der Waals surface area contributed by atoms with Crippen LogP contribution in [0.5, 0.6) is 0 Å². The molecule has 2 heterocycles. The number of halogens is 1. The molecule has 0 radical (unpaired) electrons. The summed E-state index contributed by atoms with van der Waals surface area (Å²) in [5.74, 6) is 1.37. The van der Waals surface area contributed by atoms with Crippen LogP contribution in [0.15, 0.2) is 16.9 Å². The molecule has 0 saturated heterocycles. The molecule has 0 aliphatic rings. The van der Waals surface area contributed by atoms with Gasteiger partial charge in [0.15, 0.2) is 5.82 Å². The first-order chi connectivity index (χ1) is 9.49. The summed E-state index contributed by atoms with van der Waals surface area (Å²) in [6.45, 7) is 10.0. The fraction of sp³-hybridized carbons (Fsp3) is 0.500. The Bertz CT molecular complexity index is 591. The average Bonchev–Trinajstić information content (AvgIpc) is 2.66. The SMILES string of the molecule is Cc1nn(-c2cncc(CNCC(C)C)n2)c(C)c1Br. The van der Waals surface area contributed by atoms with Crippen LogP contribution < -0.4 is 5.32 Å². The predicted octanol–water partition coefficient (Wildman–Crippen LogP) is 2.79. The smallest absolute Gasteiger partial charge is 0.172 e. The highest BCUT2D eigenvalue weighted by atomic mass is 79.9. The van der Waals surface area contributed by atoms with Crippen LogP contribution in [-0.2, 0) is 6.54 Å². The van der Waals surface area contributed by atoms with E-state index in [4.69, 9.17) is 0 Å². The lowest BCUT2D eigenvalue weighted by molar-refractivity contribution is 0.547. The van der Waals surface area contributed by atoms with Gasteiger partial charge in [-0.15, -0.1) is 0 Å². The average molecular weight is 338 g/mol. The molecule has 0 aliphatic carbocycles. The molecule has 0 fully saturated rings. The molecule has 0 amide bonds. The van der Waals surface area contributed by atoms with Crippen molar-refractivity contribution in [2.45, 2.75) is 34.2 Å². The van der Waals surface area contributed by atoms with Gasteiger partial charge in [0.05, 0.1) is 27.8 Å². The summed E-state index contributed by atoms with van der Waals surface area (Å²) >= 11 is 3.53. The highest BCUT2D eigenvalue weighted by Gasteiger charge is 2.11. The van der Waals surface area contributed by atoms with Gasteiger partial charge in [0.1, 0.15) is 0 Å². The number of nitrogens with zero attached hydrogens (tertiary/aromatic N) is 4. The molecule has 0 unspecified atom stereocenters. The summed E-state index contributed by atoms with van der Waals surface area (Å²) in [7, 11) is 0. The van der Waals surface area contributed by atoms with Gasteiger partial charge in [-0.3, -0.25) is 4.98 Å². The first-order valence-electron chi connectivity index (χ1n) is 6.72. The van der Waals surface area contributed by atoms with E-state index in [1.165, 1.54) is 0 Å². The maximum atomic E-state index is 4.61. The molecule has 0 aliphatic heterocycles. The number of rotatable bonds is 5. The molecule has 6 heteroatoms. The first kappa shape index (κ1) is 15.1. The van der Waals surface area contributed by atoms with Crippen LogP contribution in [0.25, 0.3) is 5.82 Å². The fourth-order valence-corrected chi connectivity index (χ4v) is 2.16. The van der Waals surface area contributed by atoms with E-state index in [1.54, 1.807) is 12.4 Å². The van der Waals surface area contributed by atoms with Crippen LogP contribution in [0, 0.1) is 19.8 Å². The van der Waals surface area contributed by atoms with E-state index in [2.05, 4.69) is 50.2 Å². The van der Waals surface area contributed by atoms with Crippen LogP contribution in [0.1, 0.15) is 30.9 Å². The molecule has 0 saturated carbocycles. The summed E-state index contributed by atoms with van der Waals surface area (Å²) in [6.07, 6.45) is 3.52. The number of hydrogen-bond donors (Lipinski definition) is 1. The molecule has 108 valence electrons. The Morgan fingerprint density at radius 3 is 2.65 bits per heavy atom. The van der Waals surface area contributed by atoms with Crippen molar-refractivity contribution in [3.05, 3.63) is 33.9 Å². The van der Waals surface area contributed by atoms with Gasteiger partial charge in [-0.1, -0.05) is 13.8 Å². The Kier molecular flexibility index (Phi) is 4.88. The van der Waals surface area contributed by atoms with E-state index in [0.717, 1.165) is 40.5 Å². The van der Waals surface area contributed by atoms with E-state index in [1.807, 2.05) is 18.5 Å². The van der Waals surface area contributed by atoms with E-state index in [9.17, 15) is 0 Å². The van der Waals surface area contributed by atoms with Crippen molar-refractivity contribution in [1.82, 2.24) is 25.1 Å². The normalized spacial score (nSPS) is 11.3.